The highest BCUT2D eigenvalue weighted by Gasteiger charge is 2.18. The number of urea groups is 1. The highest BCUT2D eigenvalue weighted by Crippen LogP contribution is 2.20. The van der Waals surface area contributed by atoms with E-state index in [1.165, 1.54) is 11.3 Å². The molecule has 0 radical (unpaired) electrons. The summed E-state index contributed by atoms with van der Waals surface area (Å²) in [5.41, 5.74) is 3.39. The third-order valence-corrected chi connectivity index (χ3v) is 3.27. The van der Waals surface area contributed by atoms with Crippen molar-refractivity contribution in [3.63, 3.8) is 0 Å². The molecule has 0 unspecified atom stereocenters. The van der Waals surface area contributed by atoms with E-state index < -0.39 is 0 Å². The van der Waals surface area contributed by atoms with Crippen LogP contribution in [0.25, 0.3) is 0 Å². The molecule has 2 heterocycles. The largest absolute Gasteiger partial charge is 0.447 e. The van der Waals surface area contributed by atoms with E-state index in [0.717, 1.165) is 11.4 Å². The molecule has 2 aromatic rings. The van der Waals surface area contributed by atoms with Gasteiger partial charge in [0.15, 0.2) is 0 Å². The SMILES string of the molecule is CC(C)(C)c1coc(CNC(=O)NCc2cscn2)n1. The summed E-state index contributed by atoms with van der Waals surface area (Å²) in [5, 5.41) is 7.31. The molecule has 2 N–H and O–H groups in total. The first-order valence-electron chi connectivity index (χ1n) is 6.29. The number of nitrogens with zero attached hydrogens (tertiary/aromatic N) is 2. The van der Waals surface area contributed by atoms with Crippen LogP contribution in [0.1, 0.15) is 38.0 Å². The van der Waals surface area contributed by atoms with Crippen LogP contribution in [0.2, 0.25) is 0 Å². The van der Waals surface area contributed by atoms with Crippen molar-refractivity contribution in [3.05, 3.63) is 34.4 Å². The summed E-state index contributed by atoms with van der Waals surface area (Å²) in [7, 11) is 0. The first kappa shape index (κ1) is 14.5. The number of aromatic nitrogens is 2. The third kappa shape index (κ3) is 4.06. The van der Waals surface area contributed by atoms with Gasteiger partial charge in [0, 0.05) is 10.8 Å². The molecule has 108 valence electrons. The Bertz CT molecular complexity index is 557. The van der Waals surface area contributed by atoms with Gasteiger partial charge in [0.2, 0.25) is 5.89 Å². The van der Waals surface area contributed by atoms with Gasteiger partial charge >= 0.3 is 6.03 Å². The summed E-state index contributed by atoms with van der Waals surface area (Å²) in [6.45, 7) is 6.85. The number of nitrogens with one attached hydrogen (secondary N) is 2. The molecule has 0 atom stereocenters. The second kappa shape index (κ2) is 6.04. The van der Waals surface area contributed by atoms with Crippen molar-refractivity contribution in [2.45, 2.75) is 39.3 Å². The predicted octanol–water partition coefficient (Wildman–Crippen LogP) is 2.43. The zero-order chi connectivity index (χ0) is 14.6. The maximum absolute atomic E-state index is 11.6. The molecule has 0 aromatic carbocycles. The Labute approximate surface area is 121 Å². The average Bonchev–Trinajstić information content (AvgIpc) is 3.04. The normalized spacial score (nSPS) is 11.3. The molecule has 2 aromatic heterocycles. The number of rotatable bonds is 4. The molecule has 0 aliphatic heterocycles. The lowest BCUT2D eigenvalue weighted by Crippen LogP contribution is -2.34. The smallest absolute Gasteiger partial charge is 0.315 e. The predicted molar refractivity (Wildman–Crippen MR) is 76.4 cm³/mol. The van der Waals surface area contributed by atoms with Crippen LogP contribution in [0.5, 0.6) is 0 Å². The fraction of sp³-hybridized carbons (Fsp3) is 0.462. The molecular formula is C13H18N4O2S. The fourth-order valence-corrected chi connectivity index (χ4v) is 2.01. The summed E-state index contributed by atoms with van der Waals surface area (Å²) in [6.07, 6.45) is 1.63. The minimum Gasteiger partial charge on any atom is -0.447 e. The summed E-state index contributed by atoms with van der Waals surface area (Å²) in [6, 6.07) is -0.270. The molecule has 0 aliphatic carbocycles. The van der Waals surface area contributed by atoms with Crippen LogP contribution in [-0.4, -0.2) is 16.0 Å². The summed E-state index contributed by atoms with van der Waals surface area (Å²) < 4.78 is 5.33. The Balaban J connectivity index is 1.77. The van der Waals surface area contributed by atoms with Crippen LogP contribution in [0.15, 0.2) is 21.6 Å². The van der Waals surface area contributed by atoms with Gasteiger partial charge in [0.05, 0.1) is 30.0 Å². The molecule has 0 bridgehead atoms. The maximum atomic E-state index is 11.6. The lowest BCUT2D eigenvalue weighted by atomic mass is 9.93. The van der Waals surface area contributed by atoms with E-state index in [2.05, 4.69) is 41.4 Å². The quantitative estimate of drug-likeness (QED) is 0.907. The molecule has 0 spiro atoms. The van der Waals surface area contributed by atoms with E-state index >= 15 is 0 Å². The van der Waals surface area contributed by atoms with Gasteiger partial charge in [-0.2, -0.15) is 0 Å². The van der Waals surface area contributed by atoms with Crippen LogP contribution in [-0.2, 0) is 18.5 Å². The maximum Gasteiger partial charge on any atom is 0.315 e. The van der Waals surface area contributed by atoms with Crippen molar-refractivity contribution in [1.29, 1.82) is 0 Å². The topological polar surface area (TPSA) is 80.0 Å². The number of hydrogen-bond acceptors (Lipinski definition) is 5. The second-order valence-corrected chi connectivity index (χ2v) is 6.11. The molecule has 7 heteroatoms. The van der Waals surface area contributed by atoms with Gasteiger partial charge in [-0.1, -0.05) is 20.8 Å². The lowest BCUT2D eigenvalue weighted by Gasteiger charge is -2.13. The van der Waals surface area contributed by atoms with Crippen LogP contribution >= 0.6 is 11.3 Å². The molecule has 2 rings (SSSR count). The van der Waals surface area contributed by atoms with E-state index in [1.807, 2.05) is 5.38 Å². The summed E-state index contributed by atoms with van der Waals surface area (Å²) in [5.74, 6) is 0.499. The van der Waals surface area contributed by atoms with Gasteiger partial charge in [0.25, 0.3) is 0 Å². The minimum absolute atomic E-state index is 0.0609. The van der Waals surface area contributed by atoms with Gasteiger partial charge in [-0.25, -0.2) is 14.8 Å². The van der Waals surface area contributed by atoms with Crippen LogP contribution in [0, 0.1) is 0 Å². The first-order chi connectivity index (χ1) is 9.45. The monoisotopic (exact) mass is 294 g/mol. The van der Waals surface area contributed by atoms with Crippen LogP contribution < -0.4 is 10.6 Å². The van der Waals surface area contributed by atoms with Crippen molar-refractivity contribution in [3.8, 4) is 0 Å². The standard InChI is InChI=1S/C13H18N4O2S/c1-13(2,3)10-6-19-11(17-10)5-15-12(18)14-4-9-7-20-8-16-9/h6-8H,4-5H2,1-3H3,(H2,14,15,18). The summed E-state index contributed by atoms with van der Waals surface area (Å²) in [4.78, 5) is 20.0. The fourth-order valence-electron chi connectivity index (χ4n) is 1.45. The molecule has 0 saturated heterocycles. The zero-order valence-electron chi connectivity index (χ0n) is 11.8. The van der Waals surface area contributed by atoms with E-state index in [0.29, 0.717) is 12.4 Å². The van der Waals surface area contributed by atoms with Crippen LogP contribution in [0.4, 0.5) is 4.79 Å². The molecular weight excluding hydrogens is 276 g/mol. The van der Waals surface area contributed by atoms with Crippen molar-refractivity contribution >= 4 is 17.4 Å². The number of amides is 2. The number of hydrogen-bond donors (Lipinski definition) is 2. The van der Waals surface area contributed by atoms with Gasteiger partial charge in [-0.05, 0) is 0 Å². The molecule has 2 amide bonds. The lowest BCUT2D eigenvalue weighted by molar-refractivity contribution is 0.239. The third-order valence-electron chi connectivity index (χ3n) is 2.63. The highest BCUT2D eigenvalue weighted by molar-refractivity contribution is 7.07. The number of oxazole rings is 1. The molecule has 0 fully saturated rings. The average molecular weight is 294 g/mol. The molecule has 0 saturated carbocycles. The summed E-state index contributed by atoms with van der Waals surface area (Å²) >= 11 is 1.50. The van der Waals surface area contributed by atoms with Crippen LogP contribution in [0.3, 0.4) is 0 Å². The number of carbonyl (C=O) groups excluding carboxylic acids is 1. The van der Waals surface area contributed by atoms with E-state index in [-0.39, 0.29) is 18.0 Å². The first-order valence-corrected chi connectivity index (χ1v) is 7.23. The highest BCUT2D eigenvalue weighted by atomic mass is 32.1. The van der Waals surface area contributed by atoms with E-state index in [4.69, 9.17) is 4.42 Å². The molecule has 0 aliphatic rings. The Morgan fingerprint density at radius 2 is 2.10 bits per heavy atom. The second-order valence-electron chi connectivity index (χ2n) is 5.39. The van der Waals surface area contributed by atoms with Crippen molar-refractivity contribution in [1.82, 2.24) is 20.6 Å². The van der Waals surface area contributed by atoms with Gasteiger partial charge in [-0.15, -0.1) is 11.3 Å². The van der Waals surface area contributed by atoms with E-state index in [1.54, 1.807) is 11.8 Å². The van der Waals surface area contributed by atoms with Crippen molar-refractivity contribution in [2.24, 2.45) is 0 Å². The van der Waals surface area contributed by atoms with E-state index in [9.17, 15) is 4.79 Å². The molecule has 6 nitrogen and oxygen atoms in total. The minimum atomic E-state index is -0.270. The Kier molecular flexibility index (Phi) is 4.39. The molecule has 20 heavy (non-hydrogen) atoms. The number of carbonyl (C=O) groups is 1. The van der Waals surface area contributed by atoms with Crippen molar-refractivity contribution in [2.75, 3.05) is 0 Å². The van der Waals surface area contributed by atoms with Crippen molar-refractivity contribution < 1.29 is 9.21 Å². The number of thiazole rings is 1. The Morgan fingerprint density at radius 1 is 1.35 bits per heavy atom. The van der Waals surface area contributed by atoms with Gasteiger partial charge in [-0.3, -0.25) is 0 Å². The van der Waals surface area contributed by atoms with Gasteiger partial charge in [0.1, 0.15) is 6.26 Å². The zero-order valence-corrected chi connectivity index (χ0v) is 12.6. The van der Waals surface area contributed by atoms with Gasteiger partial charge < -0.3 is 15.1 Å². The Hall–Kier alpha value is -1.89. The Morgan fingerprint density at radius 3 is 2.70 bits per heavy atom.